The van der Waals surface area contributed by atoms with E-state index in [1.165, 1.54) is 37.5 Å². The molecule has 6 nitrogen and oxygen atoms in total. The van der Waals surface area contributed by atoms with E-state index in [0.717, 1.165) is 0 Å². The highest BCUT2D eigenvalue weighted by Gasteiger charge is 2.31. The summed E-state index contributed by atoms with van der Waals surface area (Å²) in [5.41, 5.74) is 1.06. The molecule has 3 rings (SSSR count). The van der Waals surface area contributed by atoms with Gasteiger partial charge < -0.3 is 15.0 Å². The van der Waals surface area contributed by atoms with Gasteiger partial charge in [-0.25, -0.2) is 14.4 Å². The van der Waals surface area contributed by atoms with E-state index in [2.05, 4.69) is 20.0 Å². The number of piperidine rings is 1. The molecule has 1 aromatic carbocycles. The summed E-state index contributed by atoms with van der Waals surface area (Å²) in [5.74, 6) is -0.0984. The molecule has 0 radical (unpaired) electrons. The fourth-order valence-corrected chi connectivity index (χ4v) is 3.04. The number of anilines is 1. The van der Waals surface area contributed by atoms with Gasteiger partial charge in [-0.3, -0.25) is 4.79 Å². The van der Waals surface area contributed by atoms with Crippen molar-refractivity contribution in [2.24, 2.45) is 0 Å². The van der Waals surface area contributed by atoms with Crippen molar-refractivity contribution in [3.8, 4) is 17.0 Å². The van der Waals surface area contributed by atoms with Crippen molar-refractivity contribution in [3.63, 3.8) is 0 Å². The first-order chi connectivity index (χ1) is 13.2. The van der Waals surface area contributed by atoms with Crippen LogP contribution in [0.3, 0.4) is 0 Å². The molecule has 1 saturated heterocycles. The molecule has 2 atom stereocenters. The number of alkyl halides is 4. The molecule has 2 heterocycles. The molecule has 1 aliphatic rings. The van der Waals surface area contributed by atoms with Crippen molar-refractivity contribution < 1.29 is 27.1 Å². The van der Waals surface area contributed by atoms with Crippen LogP contribution in [0.5, 0.6) is 5.75 Å². The lowest BCUT2D eigenvalue weighted by atomic mass is 10.0. The molecular formula is C18H18F4N4O2. The van der Waals surface area contributed by atoms with Crippen LogP contribution >= 0.6 is 0 Å². The number of aromatic nitrogens is 2. The molecule has 1 aliphatic heterocycles. The number of ether oxygens (including phenoxy) is 1. The first kappa shape index (κ1) is 19.8. The van der Waals surface area contributed by atoms with Gasteiger partial charge in [0, 0.05) is 25.1 Å². The summed E-state index contributed by atoms with van der Waals surface area (Å²) in [6.07, 6.45) is -4.24. The van der Waals surface area contributed by atoms with Crippen LogP contribution in [0.2, 0.25) is 0 Å². The lowest BCUT2D eigenvalue weighted by Crippen LogP contribution is -2.52. The average molecular weight is 398 g/mol. The number of rotatable bonds is 4. The van der Waals surface area contributed by atoms with Crippen molar-refractivity contribution in [3.05, 3.63) is 36.7 Å². The van der Waals surface area contributed by atoms with E-state index in [1.54, 1.807) is 11.0 Å². The Kier molecular flexibility index (Phi) is 5.66. The maximum Gasteiger partial charge on any atom is 0.573 e. The average Bonchev–Trinajstić information content (AvgIpc) is 2.62. The molecule has 28 heavy (non-hydrogen) atoms. The summed E-state index contributed by atoms with van der Waals surface area (Å²) in [4.78, 5) is 21.2. The van der Waals surface area contributed by atoms with Crippen molar-refractivity contribution in [1.29, 1.82) is 0 Å². The number of carbonyl (C=O) groups excluding carboxylic acids is 1. The molecule has 2 aromatic rings. The van der Waals surface area contributed by atoms with Gasteiger partial charge in [0.25, 0.3) is 0 Å². The molecule has 1 amide bonds. The molecule has 10 heteroatoms. The van der Waals surface area contributed by atoms with Crippen LogP contribution < -0.4 is 15.0 Å². The van der Waals surface area contributed by atoms with E-state index < -0.39 is 18.6 Å². The van der Waals surface area contributed by atoms with Gasteiger partial charge in [-0.1, -0.05) is 0 Å². The molecule has 150 valence electrons. The molecule has 1 aromatic heterocycles. The van der Waals surface area contributed by atoms with Gasteiger partial charge in [-0.15, -0.1) is 13.2 Å². The largest absolute Gasteiger partial charge is 0.573 e. The van der Waals surface area contributed by atoms with E-state index in [9.17, 15) is 22.4 Å². The molecule has 1 fully saturated rings. The van der Waals surface area contributed by atoms with Crippen LogP contribution in [0.25, 0.3) is 11.3 Å². The summed E-state index contributed by atoms with van der Waals surface area (Å²) < 4.78 is 54.9. The third kappa shape index (κ3) is 5.08. The minimum Gasteiger partial charge on any atom is -0.406 e. The first-order valence-electron chi connectivity index (χ1n) is 8.55. The van der Waals surface area contributed by atoms with Crippen molar-refractivity contribution in [2.45, 2.75) is 31.9 Å². The van der Waals surface area contributed by atoms with Crippen molar-refractivity contribution in [2.75, 3.05) is 18.0 Å². The molecule has 1 N–H and O–H groups in total. The first-order valence-corrected chi connectivity index (χ1v) is 8.55. The van der Waals surface area contributed by atoms with Crippen LogP contribution in [0.15, 0.2) is 36.7 Å². The van der Waals surface area contributed by atoms with E-state index in [4.69, 9.17) is 0 Å². The summed E-state index contributed by atoms with van der Waals surface area (Å²) in [5, 5.41) is 2.60. The van der Waals surface area contributed by atoms with Crippen LogP contribution in [-0.2, 0) is 4.79 Å². The van der Waals surface area contributed by atoms with Gasteiger partial charge in [0.05, 0.1) is 18.3 Å². The minimum absolute atomic E-state index is 0.0692. The normalized spacial score (nSPS) is 20.0. The second-order valence-electron chi connectivity index (χ2n) is 6.39. The number of halogens is 4. The highest BCUT2D eigenvalue weighted by Crippen LogP contribution is 2.27. The number of nitrogens with zero attached hydrogens (tertiary/aromatic N) is 3. The number of hydrogen-bond donors (Lipinski definition) is 1. The quantitative estimate of drug-likeness (QED) is 0.802. The van der Waals surface area contributed by atoms with Crippen molar-refractivity contribution >= 4 is 11.7 Å². The molecule has 0 unspecified atom stereocenters. The van der Waals surface area contributed by atoms with Crippen molar-refractivity contribution in [1.82, 2.24) is 15.3 Å². The molecule has 0 bridgehead atoms. The van der Waals surface area contributed by atoms with E-state index in [-0.39, 0.29) is 18.2 Å². The predicted molar refractivity (Wildman–Crippen MR) is 93.5 cm³/mol. The summed E-state index contributed by atoms with van der Waals surface area (Å²) >= 11 is 0. The van der Waals surface area contributed by atoms with Gasteiger partial charge in [-0.05, 0) is 30.7 Å². The summed E-state index contributed by atoms with van der Waals surface area (Å²) in [6, 6.07) is 6.41. The second-order valence-corrected chi connectivity index (χ2v) is 6.39. The molecule has 0 spiro atoms. The zero-order valence-electron chi connectivity index (χ0n) is 14.9. The Hall–Kier alpha value is -2.91. The summed E-state index contributed by atoms with van der Waals surface area (Å²) in [7, 11) is 0. The Bertz CT molecular complexity index is 829. The number of carbonyl (C=O) groups is 1. The Morgan fingerprint density at radius 2 is 1.96 bits per heavy atom. The number of hydrogen-bond acceptors (Lipinski definition) is 5. The Morgan fingerprint density at radius 3 is 2.57 bits per heavy atom. The van der Waals surface area contributed by atoms with Gasteiger partial charge in [0.2, 0.25) is 5.91 Å². The summed E-state index contributed by atoms with van der Waals surface area (Å²) in [6.45, 7) is 1.92. The van der Waals surface area contributed by atoms with Gasteiger partial charge in [0.15, 0.2) is 0 Å². The highest BCUT2D eigenvalue weighted by atomic mass is 19.4. The number of nitrogens with one attached hydrogen (secondary N) is 1. The van der Waals surface area contributed by atoms with Crippen LogP contribution in [0.1, 0.15) is 13.3 Å². The number of benzene rings is 1. The Labute approximate surface area is 158 Å². The fourth-order valence-electron chi connectivity index (χ4n) is 3.04. The smallest absolute Gasteiger partial charge is 0.406 e. The lowest BCUT2D eigenvalue weighted by Gasteiger charge is -2.35. The van der Waals surface area contributed by atoms with Gasteiger partial charge in [-0.2, -0.15) is 0 Å². The maximum absolute atomic E-state index is 14.3. The van der Waals surface area contributed by atoms with Crippen LogP contribution in [0, 0.1) is 0 Å². The Morgan fingerprint density at radius 1 is 1.25 bits per heavy atom. The van der Waals surface area contributed by atoms with Gasteiger partial charge in [0.1, 0.15) is 24.1 Å². The lowest BCUT2D eigenvalue weighted by molar-refractivity contribution is -0.274. The van der Waals surface area contributed by atoms with E-state index in [0.29, 0.717) is 30.0 Å². The SMILES string of the molecule is CC(=O)N[C@H]1CCN(c2cc(-c3ccc(OC(F)(F)F)cc3)ncn2)C[C@@H]1F. The standard InChI is InChI=1S/C18H18F4N4O2/c1-11(27)25-15-6-7-26(9-14(15)19)17-8-16(23-10-24-17)12-2-4-13(5-3-12)28-18(20,21)22/h2-5,8,10,14-15H,6-7,9H2,1H3,(H,25,27)/t14-,15-/m0/s1. The molecule has 0 aliphatic carbocycles. The third-order valence-corrected chi connectivity index (χ3v) is 4.29. The zero-order chi connectivity index (χ0) is 20.3. The highest BCUT2D eigenvalue weighted by molar-refractivity contribution is 5.73. The second kappa shape index (κ2) is 7.99. The predicted octanol–water partition coefficient (Wildman–Crippen LogP) is 3.10. The topological polar surface area (TPSA) is 67.4 Å². The van der Waals surface area contributed by atoms with Gasteiger partial charge >= 0.3 is 6.36 Å². The maximum atomic E-state index is 14.3. The third-order valence-electron chi connectivity index (χ3n) is 4.29. The zero-order valence-corrected chi connectivity index (χ0v) is 14.9. The van der Waals surface area contributed by atoms with Crippen LogP contribution in [-0.4, -0.2) is 47.5 Å². The van der Waals surface area contributed by atoms with E-state index in [1.807, 2.05) is 0 Å². The van der Waals surface area contributed by atoms with Crippen LogP contribution in [0.4, 0.5) is 23.4 Å². The van der Waals surface area contributed by atoms with E-state index >= 15 is 0 Å². The fraction of sp³-hybridized carbons (Fsp3) is 0.389. The minimum atomic E-state index is -4.75. The monoisotopic (exact) mass is 398 g/mol. The number of amides is 1. The molecule has 0 saturated carbocycles. The molecular weight excluding hydrogens is 380 g/mol. The Balaban J connectivity index is 1.72.